The third-order valence-electron chi connectivity index (χ3n) is 1.88. The molecule has 0 unspecified atom stereocenters. The first-order chi connectivity index (χ1) is 5.65. The van der Waals surface area contributed by atoms with Crippen molar-refractivity contribution in [1.82, 2.24) is 0 Å². The highest BCUT2D eigenvalue weighted by molar-refractivity contribution is 5.57. The predicted octanol–water partition coefficient (Wildman–Crippen LogP) is 2.24. The van der Waals surface area contributed by atoms with E-state index in [0.29, 0.717) is 5.69 Å². The monoisotopic (exact) mass is 165 g/mol. The summed E-state index contributed by atoms with van der Waals surface area (Å²) in [5.74, 6) is 0.252. The summed E-state index contributed by atoms with van der Waals surface area (Å²) in [4.78, 5) is 0. The molecule has 2 nitrogen and oxygen atoms in total. The molecule has 0 heterocycles. The maximum absolute atomic E-state index is 9.53. The lowest BCUT2D eigenvalue weighted by atomic mass is 10.0. The van der Waals surface area contributed by atoms with Gasteiger partial charge in [0.05, 0.1) is 5.69 Å². The molecule has 3 N–H and O–H groups in total. The molecule has 1 rings (SSSR count). The highest BCUT2D eigenvalue weighted by atomic mass is 16.3. The van der Waals surface area contributed by atoms with E-state index in [1.165, 1.54) is 0 Å². The van der Waals surface area contributed by atoms with Crippen LogP contribution in [0.5, 0.6) is 5.75 Å². The number of benzene rings is 1. The normalized spacial score (nSPS) is 10.2. The van der Waals surface area contributed by atoms with Crippen LogP contribution in [0.4, 0.5) is 5.69 Å². The molecule has 0 aliphatic rings. The molecule has 1 aromatic carbocycles. The standard InChI is InChI=1S/C10H15NO/c1-3-4-8-5-7(2)6-9(11)10(8)12/h5-6,12H,3-4,11H2,1-2H3. The third kappa shape index (κ3) is 1.70. The van der Waals surface area contributed by atoms with Crippen LogP contribution in [0.15, 0.2) is 12.1 Å². The summed E-state index contributed by atoms with van der Waals surface area (Å²) in [5, 5.41) is 9.53. The molecule has 0 bridgehead atoms. The van der Waals surface area contributed by atoms with Crippen LogP contribution in [0.25, 0.3) is 0 Å². The first-order valence-corrected chi connectivity index (χ1v) is 4.23. The van der Waals surface area contributed by atoms with E-state index in [-0.39, 0.29) is 5.75 Å². The summed E-state index contributed by atoms with van der Waals surface area (Å²) in [6.45, 7) is 4.06. The fraction of sp³-hybridized carbons (Fsp3) is 0.400. The van der Waals surface area contributed by atoms with E-state index in [1.54, 1.807) is 6.07 Å². The van der Waals surface area contributed by atoms with Crippen LogP contribution in [0, 0.1) is 6.92 Å². The van der Waals surface area contributed by atoms with Crippen LogP contribution < -0.4 is 5.73 Å². The van der Waals surface area contributed by atoms with E-state index in [1.807, 2.05) is 13.0 Å². The lowest BCUT2D eigenvalue weighted by molar-refractivity contribution is 0.470. The Balaban J connectivity index is 3.09. The highest BCUT2D eigenvalue weighted by Gasteiger charge is 2.04. The molecule has 0 atom stereocenters. The van der Waals surface area contributed by atoms with Gasteiger partial charge in [0.15, 0.2) is 0 Å². The average molecular weight is 165 g/mol. The zero-order valence-electron chi connectivity index (χ0n) is 7.59. The van der Waals surface area contributed by atoms with Crippen molar-refractivity contribution >= 4 is 5.69 Å². The van der Waals surface area contributed by atoms with Crippen molar-refractivity contribution in [3.8, 4) is 5.75 Å². The Hall–Kier alpha value is -1.18. The maximum atomic E-state index is 9.53. The molecule has 0 spiro atoms. The number of aryl methyl sites for hydroxylation is 2. The molecule has 0 aromatic heterocycles. The summed E-state index contributed by atoms with van der Waals surface area (Å²) in [7, 11) is 0. The second kappa shape index (κ2) is 3.48. The molecular formula is C10H15NO. The molecule has 0 saturated carbocycles. The Morgan fingerprint density at radius 2 is 2.08 bits per heavy atom. The lowest BCUT2D eigenvalue weighted by Crippen LogP contribution is -1.92. The molecule has 1 aromatic rings. The number of nitrogens with two attached hydrogens (primary N) is 1. The number of nitrogen functional groups attached to an aromatic ring is 1. The molecule has 0 aliphatic heterocycles. The van der Waals surface area contributed by atoms with Crippen molar-refractivity contribution < 1.29 is 5.11 Å². The topological polar surface area (TPSA) is 46.2 Å². The van der Waals surface area contributed by atoms with Gasteiger partial charge in [-0.25, -0.2) is 0 Å². The number of phenolic OH excluding ortho intramolecular Hbond substituents is 1. The van der Waals surface area contributed by atoms with Crippen LogP contribution in [0.2, 0.25) is 0 Å². The molecule has 2 heteroatoms. The Morgan fingerprint density at radius 1 is 1.42 bits per heavy atom. The quantitative estimate of drug-likeness (QED) is 0.521. The van der Waals surface area contributed by atoms with Crippen LogP contribution in [0.1, 0.15) is 24.5 Å². The summed E-state index contributed by atoms with van der Waals surface area (Å²) in [6, 6.07) is 3.77. The number of hydrogen-bond donors (Lipinski definition) is 2. The van der Waals surface area contributed by atoms with E-state index in [0.717, 1.165) is 24.0 Å². The average Bonchev–Trinajstić information content (AvgIpc) is 2.00. The van der Waals surface area contributed by atoms with Crippen molar-refractivity contribution in [2.24, 2.45) is 0 Å². The minimum Gasteiger partial charge on any atom is -0.506 e. The van der Waals surface area contributed by atoms with Gasteiger partial charge < -0.3 is 10.8 Å². The van der Waals surface area contributed by atoms with Gasteiger partial charge in [0.2, 0.25) is 0 Å². The number of hydrogen-bond acceptors (Lipinski definition) is 2. The largest absolute Gasteiger partial charge is 0.506 e. The van der Waals surface area contributed by atoms with Crippen LogP contribution >= 0.6 is 0 Å². The fourth-order valence-corrected chi connectivity index (χ4v) is 1.34. The summed E-state index contributed by atoms with van der Waals surface area (Å²) >= 11 is 0. The molecule has 0 radical (unpaired) electrons. The first kappa shape index (κ1) is 8.91. The Morgan fingerprint density at radius 3 is 2.67 bits per heavy atom. The van der Waals surface area contributed by atoms with Gasteiger partial charge in [-0.1, -0.05) is 19.4 Å². The second-order valence-corrected chi connectivity index (χ2v) is 3.11. The van der Waals surface area contributed by atoms with E-state index in [2.05, 4.69) is 6.92 Å². The highest BCUT2D eigenvalue weighted by Crippen LogP contribution is 2.27. The fourth-order valence-electron chi connectivity index (χ4n) is 1.34. The van der Waals surface area contributed by atoms with Crippen LogP contribution in [0.3, 0.4) is 0 Å². The lowest BCUT2D eigenvalue weighted by Gasteiger charge is -2.07. The van der Waals surface area contributed by atoms with Gasteiger partial charge in [0.1, 0.15) is 5.75 Å². The van der Waals surface area contributed by atoms with E-state index in [9.17, 15) is 5.11 Å². The Kier molecular flexibility index (Phi) is 2.58. The molecule has 12 heavy (non-hydrogen) atoms. The second-order valence-electron chi connectivity index (χ2n) is 3.11. The van der Waals surface area contributed by atoms with Gasteiger partial charge in [-0.3, -0.25) is 0 Å². The molecular weight excluding hydrogens is 150 g/mol. The van der Waals surface area contributed by atoms with Gasteiger partial charge >= 0.3 is 0 Å². The van der Waals surface area contributed by atoms with Crippen LogP contribution in [-0.4, -0.2) is 5.11 Å². The molecule has 0 saturated heterocycles. The number of rotatable bonds is 2. The van der Waals surface area contributed by atoms with E-state index in [4.69, 9.17) is 5.73 Å². The zero-order valence-corrected chi connectivity index (χ0v) is 7.59. The molecule has 0 aliphatic carbocycles. The summed E-state index contributed by atoms with van der Waals surface area (Å²) in [5.41, 5.74) is 8.15. The summed E-state index contributed by atoms with van der Waals surface area (Å²) in [6.07, 6.45) is 1.91. The maximum Gasteiger partial charge on any atom is 0.141 e. The van der Waals surface area contributed by atoms with Gasteiger partial charge in [0.25, 0.3) is 0 Å². The molecule has 0 fully saturated rings. The Bertz CT molecular complexity index is 281. The number of anilines is 1. The van der Waals surface area contributed by atoms with Gasteiger partial charge in [-0.05, 0) is 30.5 Å². The Labute approximate surface area is 73.0 Å². The van der Waals surface area contributed by atoms with Gasteiger partial charge in [0, 0.05) is 0 Å². The minimum absolute atomic E-state index is 0.252. The van der Waals surface area contributed by atoms with Crippen molar-refractivity contribution in [2.45, 2.75) is 26.7 Å². The number of phenols is 1. The third-order valence-corrected chi connectivity index (χ3v) is 1.88. The SMILES string of the molecule is CCCc1cc(C)cc(N)c1O. The first-order valence-electron chi connectivity index (χ1n) is 4.23. The number of aromatic hydroxyl groups is 1. The van der Waals surface area contributed by atoms with Crippen molar-refractivity contribution in [3.05, 3.63) is 23.3 Å². The van der Waals surface area contributed by atoms with Gasteiger partial charge in [-0.2, -0.15) is 0 Å². The van der Waals surface area contributed by atoms with E-state index < -0.39 is 0 Å². The smallest absolute Gasteiger partial charge is 0.141 e. The predicted molar refractivity (Wildman–Crippen MR) is 51.3 cm³/mol. The minimum atomic E-state index is 0.252. The molecule has 66 valence electrons. The van der Waals surface area contributed by atoms with E-state index >= 15 is 0 Å². The van der Waals surface area contributed by atoms with Crippen molar-refractivity contribution in [3.63, 3.8) is 0 Å². The van der Waals surface area contributed by atoms with Crippen molar-refractivity contribution in [2.75, 3.05) is 5.73 Å². The summed E-state index contributed by atoms with van der Waals surface area (Å²) < 4.78 is 0. The molecule has 0 amide bonds. The van der Waals surface area contributed by atoms with Gasteiger partial charge in [-0.15, -0.1) is 0 Å². The van der Waals surface area contributed by atoms with Crippen molar-refractivity contribution in [1.29, 1.82) is 0 Å². The van der Waals surface area contributed by atoms with Crippen LogP contribution in [-0.2, 0) is 6.42 Å². The zero-order chi connectivity index (χ0) is 9.14.